The molecule has 0 aliphatic carbocycles. The molecule has 1 aliphatic rings. The average Bonchev–Trinajstić information content (AvgIpc) is 2.39. The Labute approximate surface area is 135 Å². The molecule has 0 spiro atoms. The number of carbonyl (C=O) groups is 1. The number of rotatable bonds is 2. The Morgan fingerprint density at radius 2 is 2.05 bits per heavy atom. The largest absolute Gasteiger partial charge is 0.478 e. The van der Waals surface area contributed by atoms with Crippen molar-refractivity contribution in [3.05, 3.63) is 22.9 Å². The number of pyridine rings is 1. The maximum atomic E-state index is 11.0. The van der Waals surface area contributed by atoms with Crippen LogP contribution in [0.1, 0.15) is 34.5 Å². The van der Waals surface area contributed by atoms with Crippen molar-refractivity contribution >= 4 is 36.6 Å². The van der Waals surface area contributed by atoms with Crippen molar-refractivity contribution in [1.29, 1.82) is 5.26 Å². The van der Waals surface area contributed by atoms with Gasteiger partial charge in [0.1, 0.15) is 11.9 Å². The summed E-state index contributed by atoms with van der Waals surface area (Å²) in [6.07, 6.45) is 1.71. The number of anilines is 1. The zero-order valence-corrected chi connectivity index (χ0v) is 13.2. The van der Waals surface area contributed by atoms with Crippen LogP contribution in [0.15, 0.2) is 6.07 Å². The Kier molecular flexibility index (Phi) is 7.44. The van der Waals surface area contributed by atoms with Crippen molar-refractivity contribution in [2.24, 2.45) is 5.73 Å². The highest BCUT2D eigenvalue weighted by molar-refractivity contribution is 5.90. The predicted octanol–water partition coefficient (Wildman–Crippen LogP) is 1.73. The van der Waals surface area contributed by atoms with Gasteiger partial charge in [-0.15, -0.1) is 24.8 Å². The van der Waals surface area contributed by atoms with Crippen molar-refractivity contribution in [2.75, 3.05) is 18.0 Å². The molecule has 8 heteroatoms. The van der Waals surface area contributed by atoms with Gasteiger partial charge in [0.25, 0.3) is 0 Å². The summed E-state index contributed by atoms with van der Waals surface area (Å²) in [4.78, 5) is 17.3. The quantitative estimate of drug-likeness (QED) is 0.854. The second kappa shape index (κ2) is 8.03. The SMILES string of the molecule is Cc1nc(N2CCC(N)CC2)c(C#N)cc1C(=O)O.Cl.Cl. The lowest BCUT2D eigenvalue weighted by Gasteiger charge is -2.31. The number of nitrogens with two attached hydrogens (primary N) is 1. The fourth-order valence-electron chi connectivity index (χ4n) is 2.24. The summed E-state index contributed by atoms with van der Waals surface area (Å²) in [5.41, 5.74) is 6.66. The third-order valence-electron chi connectivity index (χ3n) is 3.38. The molecule has 6 nitrogen and oxygen atoms in total. The first-order valence-corrected chi connectivity index (χ1v) is 6.18. The predicted molar refractivity (Wildman–Crippen MR) is 84.6 cm³/mol. The summed E-state index contributed by atoms with van der Waals surface area (Å²) < 4.78 is 0. The fourth-order valence-corrected chi connectivity index (χ4v) is 2.24. The highest BCUT2D eigenvalue weighted by atomic mass is 35.5. The molecule has 0 amide bonds. The minimum absolute atomic E-state index is 0. The van der Waals surface area contributed by atoms with Crippen molar-refractivity contribution in [3.8, 4) is 6.07 Å². The Balaban J connectivity index is 0.00000200. The summed E-state index contributed by atoms with van der Waals surface area (Å²) >= 11 is 0. The molecule has 1 aromatic heterocycles. The van der Waals surface area contributed by atoms with Crippen LogP contribution in [0.4, 0.5) is 5.82 Å². The average molecular weight is 333 g/mol. The smallest absolute Gasteiger partial charge is 0.337 e. The van der Waals surface area contributed by atoms with Gasteiger partial charge in [-0.25, -0.2) is 9.78 Å². The first-order valence-electron chi connectivity index (χ1n) is 6.18. The summed E-state index contributed by atoms with van der Waals surface area (Å²) in [5.74, 6) is -0.495. The van der Waals surface area contributed by atoms with Gasteiger partial charge >= 0.3 is 5.97 Å². The summed E-state index contributed by atoms with van der Waals surface area (Å²) in [7, 11) is 0. The molecule has 1 aromatic rings. The van der Waals surface area contributed by atoms with Crippen LogP contribution in [0.5, 0.6) is 0 Å². The minimum Gasteiger partial charge on any atom is -0.478 e. The highest BCUT2D eigenvalue weighted by Crippen LogP contribution is 2.23. The number of nitriles is 1. The van der Waals surface area contributed by atoms with Crippen LogP contribution in [0, 0.1) is 18.3 Å². The summed E-state index contributed by atoms with van der Waals surface area (Å²) in [6, 6.07) is 3.62. The molecule has 0 unspecified atom stereocenters. The van der Waals surface area contributed by atoms with E-state index in [1.165, 1.54) is 6.07 Å². The van der Waals surface area contributed by atoms with Gasteiger partial charge in [0, 0.05) is 19.1 Å². The number of nitrogens with zero attached hydrogens (tertiary/aromatic N) is 3. The molecular weight excluding hydrogens is 315 g/mol. The standard InChI is InChI=1S/C13H16N4O2.2ClH/c1-8-11(13(18)19)6-9(7-14)12(16-8)17-4-2-10(15)3-5-17;;/h6,10H,2-5,15H2,1H3,(H,18,19);2*1H. The second-order valence-electron chi connectivity index (χ2n) is 4.73. The van der Waals surface area contributed by atoms with Gasteiger partial charge in [-0.1, -0.05) is 0 Å². The Morgan fingerprint density at radius 3 is 2.52 bits per heavy atom. The molecule has 1 fully saturated rings. The number of hydrogen-bond acceptors (Lipinski definition) is 5. The molecule has 3 N–H and O–H groups in total. The first-order chi connectivity index (χ1) is 9.02. The molecule has 1 aliphatic heterocycles. The molecule has 21 heavy (non-hydrogen) atoms. The van der Waals surface area contributed by atoms with Gasteiger partial charge < -0.3 is 15.7 Å². The molecule has 0 radical (unpaired) electrons. The van der Waals surface area contributed by atoms with Gasteiger partial charge in [0.2, 0.25) is 0 Å². The van der Waals surface area contributed by atoms with Crippen LogP contribution in [-0.2, 0) is 0 Å². The molecule has 116 valence electrons. The van der Waals surface area contributed by atoms with Gasteiger partial charge in [-0.3, -0.25) is 0 Å². The van der Waals surface area contributed by atoms with Crippen molar-refractivity contribution in [2.45, 2.75) is 25.8 Å². The van der Waals surface area contributed by atoms with Crippen LogP contribution < -0.4 is 10.6 Å². The summed E-state index contributed by atoms with van der Waals surface area (Å²) in [5, 5.41) is 18.2. The van der Waals surface area contributed by atoms with E-state index < -0.39 is 5.97 Å². The highest BCUT2D eigenvalue weighted by Gasteiger charge is 2.22. The maximum absolute atomic E-state index is 11.0. The van der Waals surface area contributed by atoms with Crippen molar-refractivity contribution in [1.82, 2.24) is 4.98 Å². The topological polar surface area (TPSA) is 103 Å². The van der Waals surface area contributed by atoms with Gasteiger partial charge in [0.05, 0.1) is 16.8 Å². The van der Waals surface area contributed by atoms with E-state index in [1.54, 1.807) is 6.92 Å². The van der Waals surface area contributed by atoms with Gasteiger partial charge in [0.15, 0.2) is 0 Å². The molecule has 2 rings (SSSR count). The lowest BCUT2D eigenvalue weighted by Crippen LogP contribution is -2.40. The third kappa shape index (κ3) is 4.21. The van der Waals surface area contributed by atoms with Crippen LogP contribution in [-0.4, -0.2) is 35.2 Å². The monoisotopic (exact) mass is 332 g/mol. The molecule has 0 saturated carbocycles. The number of carboxylic acid groups (broad SMARTS) is 1. The number of aryl methyl sites for hydroxylation is 1. The van der Waals surface area contributed by atoms with Crippen LogP contribution in [0.2, 0.25) is 0 Å². The summed E-state index contributed by atoms with van der Waals surface area (Å²) in [6.45, 7) is 3.13. The molecule has 0 aromatic carbocycles. The lowest BCUT2D eigenvalue weighted by atomic mass is 10.0. The molecule has 0 atom stereocenters. The van der Waals surface area contributed by atoms with E-state index in [0.29, 0.717) is 17.1 Å². The minimum atomic E-state index is -1.06. The van der Waals surface area contributed by atoms with E-state index in [4.69, 9.17) is 16.1 Å². The Morgan fingerprint density at radius 1 is 1.48 bits per heavy atom. The van der Waals surface area contributed by atoms with Crippen LogP contribution in [0.25, 0.3) is 0 Å². The lowest BCUT2D eigenvalue weighted by molar-refractivity contribution is 0.0695. The second-order valence-corrected chi connectivity index (χ2v) is 4.73. The molecule has 1 saturated heterocycles. The van der Waals surface area contributed by atoms with Gasteiger partial charge in [-0.2, -0.15) is 5.26 Å². The van der Waals surface area contributed by atoms with Crippen molar-refractivity contribution in [3.63, 3.8) is 0 Å². The Hall–Kier alpha value is -1.55. The number of piperidine rings is 1. The zero-order valence-electron chi connectivity index (χ0n) is 11.6. The number of hydrogen-bond donors (Lipinski definition) is 2. The number of aromatic carboxylic acids is 1. The van der Waals surface area contributed by atoms with E-state index in [2.05, 4.69) is 4.98 Å². The van der Waals surface area contributed by atoms with E-state index in [0.717, 1.165) is 25.9 Å². The maximum Gasteiger partial charge on any atom is 0.337 e. The van der Waals surface area contributed by atoms with E-state index >= 15 is 0 Å². The number of halogens is 2. The molecule has 2 heterocycles. The normalized spacial score (nSPS) is 14.6. The van der Waals surface area contributed by atoms with Crippen LogP contribution >= 0.6 is 24.8 Å². The molecule has 0 bridgehead atoms. The zero-order chi connectivity index (χ0) is 14.0. The van der Waals surface area contributed by atoms with E-state index in [-0.39, 0.29) is 36.4 Å². The fraction of sp³-hybridized carbons (Fsp3) is 0.462. The first kappa shape index (κ1) is 19.4. The van der Waals surface area contributed by atoms with E-state index in [1.807, 2.05) is 11.0 Å². The number of carboxylic acids is 1. The number of aromatic nitrogens is 1. The Bertz CT molecular complexity index is 552. The van der Waals surface area contributed by atoms with E-state index in [9.17, 15) is 4.79 Å². The van der Waals surface area contributed by atoms with Gasteiger partial charge in [-0.05, 0) is 25.8 Å². The van der Waals surface area contributed by atoms with Crippen LogP contribution in [0.3, 0.4) is 0 Å². The van der Waals surface area contributed by atoms with Crippen molar-refractivity contribution < 1.29 is 9.90 Å². The third-order valence-corrected chi connectivity index (χ3v) is 3.38. The molecular formula is C13H18Cl2N4O2.